The van der Waals surface area contributed by atoms with Crippen molar-refractivity contribution >= 4 is 40.2 Å². The quantitative estimate of drug-likeness (QED) is 0.360. The van der Waals surface area contributed by atoms with Crippen molar-refractivity contribution in [3.05, 3.63) is 88.7 Å². The zero-order valence-corrected chi connectivity index (χ0v) is 17.3. The molecule has 4 aromatic rings. The van der Waals surface area contributed by atoms with E-state index in [-0.39, 0.29) is 30.2 Å². The maximum Gasteiger partial charge on any atom is 0.292 e. The average molecular weight is 442 g/mol. The number of carbonyl (C=O) groups excluding carboxylic acids is 2. The van der Waals surface area contributed by atoms with Crippen molar-refractivity contribution in [2.45, 2.75) is 19.0 Å². The van der Waals surface area contributed by atoms with Gasteiger partial charge in [0.1, 0.15) is 11.7 Å². The van der Waals surface area contributed by atoms with Crippen LogP contribution in [-0.4, -0.2) is 31.3 Å². The van der Waals surface area contributed by atoms with Crippen molar-refractivity contribution in [3.8, 4) is 0 Å². The summed E-state index contributed by atoms with van der Waals surface area (Å²) in [5, 5.41) is 13.8. The summed E-state index contributed by atoms with van der Waals surface area (Å²) in [4.78, 5) is 47.4. The van der Waals surface area contributed by atoms with Crippen LogP contribution in [-0.2, 0) is 16.1 Å². The number of rotatable bonds is 6. The van der Waals surface area contributed by atoms with Gasteiger partial charge in [-0.05, 0) is 30.3 Å². The maximum atomic E-state index is 13.4. The number of nitrogens with one attached hydrogen (secondary N) is 1. The van der Waals surface area contributed by atoms with E-state index < -0.39 is 16.9 Å². The molecule has 0 saturated carbocycles. The van der Waals surface area contributed by atoms with Gasteiger partial charge < -0.3 is 5.32 Å². The summed E-state index contributed by atoms with van der Waals surface area (Å²) in [5.41, 5.74) is 1.99. The average Bonchev–Trinajstić information content (AvgIpc) is 3.31. The van der Waals surface area contributed by atoms with Gasteiger partial charge in [0.05, 0.1) is 34.6 Å². The van der Waals surface area contributed by atoms with Gasteiger partial charge >= 0.3 is 0 Å². The first-order valence-corrected chi connectivity index (χ1v) is 10.2. The van der Waals surface area contributed by atoms with Gasteiger partial charge in [-0.1, -0.05) is 30.3 Å². The molecule has 0 spiro atoms. The van der Waals surface area contributed by atoms with Gasteiger partial charge in [0, 0.05) is 12.3 Å². The second-order valence-corrected chi connectivity index (χ2v) is 7.56. The minimum absolute atomic E-state index is 0.0824. The topological polar surface area (TPSA) is 123 Å². The fourth-order valence-corrected chi connectivity index (χ4v) is 4.01. The number of nitrogens with zero attached hydrogens (tertiary/aromatic N) is 5. The van der Waals surface area contributed by atoms with E-state index in [0.717, 1.165) is 5.52 Å². The molecule has 33 heavy (non-hydrogen) atoms. The highest BCUT2D eigenvalue weighted by molar-refractivity contribution is 6.05. The van der Waals surface area contributed by atoms with Crippen molar-refractivity contribution in [1.82, 2.24) is 14.5 Å². The number of hydrogen-bond donors (Lipinski definition) is 1. The summed E-state index contributed by atoms with van der Waals surface area (Å²) < 4.78 is 1.75. The van der Waals surface area contributed by atoms with Crippen LogP contribution in [0.2, 0.25) is 0 Å². The summed E-state index contributed by atoms with van der Waals surface area (Å²) in [6.45, 7) is 0.214. The molecule has 5 rings (SSSR count). The van der Waals surface area contributed by atoms with Crippen molar-refractivity contribution < 1.29 is 14.5 Å². The molecule has 3 heterocycles. The highest BCUT2D eigenvalue weighted by Gasteiger charge is 2.41. The summed E-state index contributed by atoms with van der Waals surface area (Å²) in [7, 11) is 0. The number of para-hydroxylation sites is 4. The number of amides is 2. The summed E-state index contributed by atoms with van der Waals surface area (Å²) in [5.74, 6) is -0.354. The molecule has 10 nitrogen and oxygen atoms in total. The molecule has 1 atom stereocenters. The Balaban J connectivity index is 1.47. The number of nitro benzene ring substituents is 1. The van der Waals surface area contributed by atoms with Crippen LogP contribution in [0.1, 0.15) is 18.2 Å². The number of carbonyl (C=O) groups is 2. The van der Waals surface area contributed by atoms with Gasteiger partial charge in [0.25, 0.3) is 11.6 Å². The molecule has 1 N–H and O–H groups in total. The van der Waals surface area contributed by atoms with Crippen LogP contribution in [0.25, 0.3) is 11.0 Å². The lowest BCUT2D eigenvalue weighted by molar-refractivity contribution is -0.383. The third-order valence-electron chi connectivity index (χ3n) is 5.48. The highest BCUT2D eigenvalue weighted by atomic mass is 16.6. The van der Waals surface area contributed by atoms with E-state index in [1.807, 2.05) is 36.4 Å². The van der Waals surface area contributed by atoms with Crippen LogP contribution < -0.4 is 10.2 Å². The number of anilines is 2. The van der Waals surface area contributed by atoms with Gasteiger partial charge in [-0.2, -0.15) is 0 Å². The van der Waals surface area contributed by atoms with Crippen molar-refractivity contribution in [2.75, 3.05) is 10.2 Å². The first kappa shape index (κ1) is 20.3. The number of hydrogen-bond acceptors (Lipinski definition) is 6. The normalized spacial score (nSPS) is 15.0. The lowest BCUT2D eigenvalue weighted by atomic mass is 10.1. The first-order chi connectivity index (χ1) is 16.0. The third kappa shape index (κ3) is 3.67. The lowest BCUT2D eigenvalue weighted by Crippen LogP contribution is -2.31. The smallest absolute Gasteiger partial charge is 0.292 e. The van der Waals surface area contributed by atoms with Gasteiger partial charge in [0.15, 0.2) is 0 Å². The van der Waals surface area contributed by atoms with Crippen LogP contribution in [0.5, 0.6) is 0 Å². The van der Waals surface area contributed by atoms with Gasteiger partial charge in [-0.15, -0.1) is 0 Å². The number of nitro groups is 1. The Labute approximate surface area is 187 Å². The Bertz CT molecular complexity index is 1380. The van der Waals surface area contributed by atoms with E-state index in [4.69, 9.17) is 0 Å². The van der Waals surface area contributed by atoms with E-state index in [9.17, 15) is 19.7 Å². The molecule has 1 aliphatic rings. The predicted octanol–water partition coefficient (Wildman–Crippen LogP) is 3.46. The highest BCUT2D eigenvalue weighted by Crippen LogP contribution is 2.37. The maximum absolute atomic E-state index is 13.4. The Kier molecular flexibility index (Phi) is 5.02. The molecule has 2 aromatic carbocycles. The Morgan fingerprint density at radius 3 is 2.61 bits per heavy atom. The molecule has 0 fully saturated rings. The molecule has 0 radical (unpaired) electrons. The van der Waals surface area contributed by atoms with Crippen LogP contribution in [0, 0.1) is 10.1 Å². The Hall–Kier alpha value is -4.60. The SMILES string of the molecule is O=C(CC1C(=O)N(Cc2ccccn2)c2nc3ccccc3n21)Nc1ccccc1[N+](=O)[O-]. The number of benzene rings is 2. The van der Waals surface area contributed by atoms with Gasteiger partial charge in [0.2, 0.25) is 11.9 Å². The number of imidazole rings is 1. The molecule has 1 aliphatic heterocycles. The molecule has 164 valence electrons. The molecule has 10 heteroatoms. The lowest BCUT2D eigenvalue weighted by Gasteiger charge is -2.15. The Morgan fingerprint density at radius 1 is 1.06 bits per heavy atom. The number of aromatic nitrogens is 3. The zero-order chi connectivity index (χ0) is 22.9. The third-order valence-corrected chi connectivity index (χ3v) is 5.48. The largest absolute Gasteiger partial charge is 0.320 e. The zero-order valence-electron chi connectivity index (χ0n) is 17.3. The fraction of sp³-hybridized carbons (Fsp3) is 0.130. The number of fused-ring (bicyclic) bond motifs is 3. The molecular formula is C23H18N6O4. The molecule has 1 unspecified atom stereocenters. The van der Waals surface area contributed by atoms with E-state index in [0.29, 0.717) is 17.2 Å². The second kappa shape index (κ2) is 8.15. The molecular weight excluding hydrogens is 424 g/mol. The van der Waals surface area contributed by atoms with E-state index in [1.165, 1.54) is 23.1 Å². The summed E-state index contributed by atoms with van der Waals surface area (Å²) >= 11 is 0. The van der Waals surface area contributed by atoms with E-state index in [2.05, 4.69) is 15.3 Å². The van der Waals surface area contributed by atoms with Gasteiger partial charge in [-0.3, -0.25) is 34.2 Å². The molecule has 0 aliphatic carbocycles. The van der Waals surface area contributed by atoms with Crippen LogP contribution in [0.3, 0.4) is 0 Å². The van der Waals surface area contributed by atoms with Crippen LogP contribution in [0.15, 0.2) is 72.9 Å². The summed E-state index contributed by atoms with van der Waals surface area (Å²) in [6, 6.07) is 17.9. The second-order valence-electron chi connectivity index (χ2n) is 7.56. The molecule has 0 bridgehead atoms. The first-order valence-electron chi connectivity index (χ1n) is 10.2. The van der Waals surface area contributed by atoms with Gasteiger partial charge in [-0.25, -0.2) is 4.98 Å². The monoisotopic (exact) mass is 442 g/mol. The molecule has 2 amide bonds. The molecule has 0 saturated heterocycles. The van der Waals surface area contributed by atoms with E-state index >= 15 is 0 Å². The Morgan fingerprint density at radius 2 is 1.82 bits per heavy atom. The molecule has 2 aromatic heterocycles. The van der Waals surface area contributed by atoms with Crippen molar-refractivity contribution in [1.29, 1.82) is 0 Å². The fourth-order valence-electron chi connectivity index (χ4n) is 4.01. The predicted molar refractivity (Wildman–Crippen MR) is 121 cm³/mol. The minimum Gasteiger partial charge on any atom is -0.320 e. The summed E-state index contributed by atoms with van der Waals surface area (Å²) in [6.07, 6.45) is 1.45. The van der Waals surface area contributed by atoms with Crippen LogP contribution >= 0.6 is 0 Å². The number of pyridine rings is 1. The van der Waals surface area contributed by atoms with Crippen molar-refractivity contribution in [2.24, 2.45) is 0 Å². The van der Waals surface area contributed by atoms with Crippen LogP contribution in [0.4, 0.5) is 17.3 Å². The van der Waals surface area contributed by atoms with Crippen molar-refractivity contribution in [3.63, 3.8) is 0 Å². The van der Waals surface area contributed by atoms with E-state index in [1.54, 1.807) is 22.9 Å². The standard InChI is InChI=1S/C23H18N6O4/c30-21(25-17-9-2-4-11-19(17)29(32)33)13-20-22(31)27(14-15-7-5-6-12-24-15)23-26-16-8-1-3-10-18(16)28(20)23/h1-12,20H,13-14H2,(H,25,30). The minimum atomic E-state index is -0.834.